The molecule has 0 amide bonds. The van der Waals surface area contributed by atoms with Crippen LogP contribution in [0.25, 0.3) is 0 Å². The van der Waals surface area contributed by atoms with Gasteiger partial charge >= 0.3 is 0 Å². The second-order valence-corrected chi connectivity index (χ2v) is 4.19. The predicted octanol–water partition coefficient (Wildman–Crippen LogP) is 1.68. The van der Waals surface area contributed by atoms with Crippen LogP contribution in [-0.4, -0.2) is 29.1 Å². The summed E-state index contributed by atoms with van der Waals surface area (Å²) in [7, 11) is 0. The first-order valence-corrected chi connectivity index (χ1v) is 5.67. The van der Waals surface area contributed by atoms with Gasteiger partial charge in [-0.05, 0) is 19.4 Å². The lowest BCUT2D eigenvalue weighted by atomic mass is 10.1. The Labute approximate surface area is 94.5 Å². The first-order chi connectivity index (χ1) is 7.34. The molecule has 82 valence electrons. The van der Waals surface area contributed by atoms with Gasteiger partial charge in [0, 0.05) is 12.6 Å². The Morgan fingerprint density at radius 2 is 2.20 bits per heavy atom. The minimum Gasteiger partial charge on any atom is -0.353 e. The van der Waals surface area contributed by atoms with Crippen LogP contribution in [0.1, 0.15) is 19.3 Å². The number of nitrogens with zero attached hydrogens (tertiary/aromatic N) is 2. The van der Waals surface area contributed by atoms with Gasteiger partial charge in [0.2, 0.25) is 5.95 Å². The molecule has 2 heterocycles. The van der Waals surface area contributed by atoms with Crippen LogP contribution < -0.4 is 10.6 Å². The summed E-state index contributed by atoms with van der Waals surface area (Å²) in [5.74, 6) is 0.645. The maximum atomic E-state index is 5.70. The fraction of sp³-hybridized carbons (Fsp3) is 0.600. The van der Waals surface area contributed by atoms with Gasteiger partial charge in [0.1, 0.15) is 0 Å². The van der Waals surface area contributed by atoms with Crippen LogP contribution in [0, 0.1) is 0 Å². The molecular weight excluding hydrogens is 212 g/mol. The van der Waals surface area contributed by atoms with Crippen LogP contribution in [0.15, 0.2) is 12.4 Å². The summed E-state index contributed by atoms with van der Waals surface area (Å²) in [5.41, 5.74) is 0. The minimum atomic E-state index is 0.540. The number of anilines is 1. The monoisotopic (exact) mass is 226 g/mol. The summed E-state index contributed by atoms with van der Waals surface area (Å²) in [5, 5.41) is 7.22. The van der Waals surface area contributed by atoms with Gasteiger partial charge in [-0.25, -0.2) is 9.97 Å². The second-order valence-electron chi connectivity index (χ2n) is 3.75. The summed E-state index contributed by atoms with van der Waals surface area (Å²) < 4.78 is 0. The summed E-state index contributed by atoms with van der Waals surface area (Å²) in [6, 6.07) is 0.540. The molecule has 1 aliphatic rings. The summed E-state index contributed by atoms with van der Waals surface area (Å²) >= 11 is 5.70. The Morgan fingerprint density at radius 3 is 2.87 bits per heavy atom. The largest absolute Gasteiger partial charge is 0.353 e. The quantitative estimate of drug-likeness (QED) is 0.824. The Bertz CT molecular complexity index is 295. The van der Waals surface area contributed by atoms with Gasteiger partial charge in [-0.1, -0.05) is 18.0 Å². The van der Waals surface area contributed by atoms with Crippen molar-refractivity contribution in [2.45, 2.75) is 25.3 Å². The fourth-order valence-corrected chi connectivity index (χ4v) is 1.81. The number of aromatic nitrogens is 2. The molecule has 4 nitrogen and oxygen atoms in total. The molecule has 2 rings (SSSR count). The second kappa shape index (κ2) is 5.28. The van der Waals surface area contributed by atoms with Crippen molar-refractivity contribution >= 4 is 17.5 Å². The lowest BCUT2D eigenvalue weighted by Gasteiger charge is -2.23. The van der Waals surface area contributed by atoms with Crippen molar-refractivity contribution in [3.63, 3.8) is 0 Å². The Kier molecular flexibility index (Phi) is 3.75. The van der Waals surface area contributed by atoms with Crippen LogP contribution in [0.4, 0.5) is 5.95 Å². The SMILES string of the molecule is Clc1cnc(NC[C@H]2CCCCN2)nc1. The number of piperidine rings is 1. The van der Waals surface area contributed by atoms with Crippen molar-refractivity contribution in [3.05, 3.63) is 17.4 Å². The number of halogens is 1. The molecule has 1 saturated heterocycles. The standard InChI is InChI=1S/C10H15ClN4/c11-8-5-13-10(14-6-8)15-7-9-3-1-2-4-12-9/h5-6,9,12H,1-4,7H2,(H,13,14,15)/t9-/m1/s1. The third-order valence-corrected chi connectivity index (χ3v) is 2.73. The molecule has 0 bridgehead atoms. The Morgan fingerprint density at radius 1 is 1.40 bits per heavy atom. The molecule has 0 aromatic carbocycles. The molecule has 0 aliphatic carbocycles. The van der Waals surface area contributed by atoms with E-state index >= 15 is 0 Å². The molecule has 15 heavy (non-hydrogen) atoms. The van der Waals surface area contributed by atoms with Crippen LogP contribution >= 0.6 is 11.6 Å². The number of rotatable bonds is 3. The van der Waals surface area contributed by atoms with E-state index in [2.05, 4.69) is 20.6 Å². The van der Waals surface area contributed by atoms with Crippen molar-refractivity contribution < 1.29 is 0 Å². The zero-order chi connectivity index (χ0) is 10.5. The van der Waals surface area contributed by atoms with Gasteiger partial charge in [0.05, 0.1) is 17.4 Å². The van der Waals surface area contributed by atoms with Gasteiger partial charge in [-0.15, -0.1) is 0 Å². The van der Waals surface area contributed by atoms with E-state index in [0.717, 1.165) is 13.1 Å². The van der Waals surface area contributed by atoms with Crippen LogP contribution in [0.2, 0.25) is 5.02 Å². The van der Waals surface area contributed by atoms with Gasteiger partial charge in [-0.2, -0.15) is 0 Å². The highest BCUT2D eigenvalue weighted by atomic mass is 35.5. The third kappa shape index (κ3) is 3.32. The first kappa shape index (κ1) is 10.6. The molecule has 1 atom stereocenters. The molecule has 1 aromatic rings. The highest BCUT2D eigenvalue weighted by Crippen LogP contribution is 2.09. The predicted molar refractivity (Wildman–Crippen MR) is 61.2 cm³/mol. The topological polar surface area (TPSA) is 49.8 Å². The van der Waals surface area contributed by atoms with E-state index in [1.807, 2.05) is 0 Å². The molecule has 1 aliphatic heterocycles. The van der Waals surface area contributed by atoms with E-state index < -0.39 is 0 Å². The highest BCUT2D eigenvalue weighted by molar-refractivity contribution is 6.30. The van der Waals surface area contributed by atoms with E-state index in [0.29, 0.717) is 17.0 Å². The molecule has 0 radical (unpaired) electrons. The molecule has 5 heteroatoms. The van der Waals surface area contributed by atoms with Crippen LogP contribution in [0.5, 0.6) is 0 Å². The molecule has 1 fully saturated rings. The molecule has 0 saturated carbocycles. The van der Waals surface area contributed by atoms with Crippen molar-refractivity contribution in [1.82, 2.24) is 15.3 Å². The smallest absolute Gasteiger partial charge is 0.222 e. The van der Waals surface area contributed by atoms with E-state index in [1.165, 1.54) is 19.3 Å². The lowest BCUT2D eigenvalue weighted by molar-refractivity contribution is 0.413. The maximum absolute atomic E-state index is 5.70. The normalized spacial score (nSPS) is 21.3. The average molecular weight is 227 g/mol. The van der Waals surface area contributed by atoms with Crippen molar-refractivity contribution in [2.24, 2.45) is 0 Å². The highest BCUT2D eigenvalue weighted by Gasteiger charge is 2.11. The lowest BCUT2D eigenvalue weighted by Crippen LogP contribution is -2.39. The first-order valence-electron chi connectivity index (χ1n) is 5.29. The molecule has 0 unspecified atom stereocenters. The van der Waals surface area contributed by atoms with Gasteiger partial charge < -0.3 is 10.6 Å². The summed E-state index contributed by atoms with van der Waals surface area (Å²) in [6.07, 6.45) is 7.02. The zero-order valence-corrected chi connectivity index (χ0v) is 9.30. The van der Waals surface area contributed by atoms with Crippen molar-refractivity contribution in [3.8, 4) is 0 Å². The van der Waals surface area contributed by atoms with Gasteiger partial charge in [0.15, 0.2) is 0 Å². The van der Waals surface area contributed by atoms with Crippen LogP contribution in [-0.2, 0) is 0 Å². The minimum absolute atomic E-state index is 0.540. The van der Waals surface area contributed by atoms with Gasteiger partial charge in [0.25, 0.3) is 0 Å². The number of hydrogen-bond acceptors (Lipinski definition) is 4. The third-order valence-electron chi connectivity index (χ3n) is 2.54. The Balaban J connectivity index is 1.79. The summed E-state index contributed by atoms with van der Waals surface area (Å²) in [4.78, 5) is 8.16. The summed E-state index contributed by atoms with van der Waals surface area (Å²) in [6.45, 7) is 2.00. The number of hydrogen-bond donors (Lipinski definition) is 2. The van der Waals surface area contributed by atoms with Crippen molar-refractivity contribution in [2.75, 3.05) is 18.4 Å². The van der Waals surface area contributed by atoms with E-state index in [1.54, 1.807) is 12.4 Å². The molecule has 1 aromatic heterocycles. The number of nitrogens with one attached hydrogen (secondary N) is 2. The van der Waals surface area contributed by atoms with Crippen LogP contribution in [0.3, 0.4) is 0 Å². The van der Waals surface area contributed by atoms with Gasteiger partial charge in [-0.3, -0.25) is 0 Å². The fourth-order valence-electron chi connectivity index (χ4n) is 1.72. The Hall–Kier alpha value is -0.870. The van der Waals surface area contributed by atoms with E-state index in [-0.39, 0.29) is 0 Å². The zero-order valence-electron chi connectivity index (χ0n) is 8.54. The van der Waals surface area contributed by atoms with Crippen molar-refractivity contribution in [1.29, 1.82) is 0 Å². The molecule has 0 spiro atoms. The van der Waals surface area contributed by atoms with E-state index in [4.69, 9.17) is 11.6 Å². The maximum Gasteiger partial charge on any atom is 0.222 e. The molecular formula is C10H15ClN4. The average Bonchev–Trinajstić information content (AvgIpc) is 2.30. The van der Waals surface area contributed by atoms with E-state index in [9.17, 15) is 0 Å². The molecule has 2 N–H and O–H groups in total.